The second kappa shape index (κ2) is 7.83. The van der Waals surface area contributed by atoms with Crippen molar-refractivity contribution in [3.63, 3.8) is 0 Å². The Morgan fingerprint density at radius 1 is 1.17 bits per heavy atom. The molecule has 0 saturated heterocycles. The molecular formula is C18H19F2NO2. The van der Waals surface area contributed by atoms with Crippen LogP contribution < -0.4 is 5.32 Å². The molecule has 0 bridgehead atoms. The summed E-state index contributed by atoms with van der Waals surface area (Å²) in [7, 11) is 0. The van der Waals surface area contributed by atoms with E-state index in [0.717, 1.165) is 18.2 Å². The van der Waals surface area contributed by atoms with Gasteiger partial charge in [0.15, 0.2) is 0 Å². The van der Waals surface area contributed by atoms with Crippen LogP contribution in [0, 0.1) is 11.6 Å². The Morgan fingerprint density at radius 3 is 2.52 bits per heavy atom. The number of aliphatic hydroxyl groups is 1. The molecule has 0 aromatic heterocycles. The maximum absolute atomic E-state index is 13.8. The summed E-state index contributed by atoms with van der Waals surface area (Å²) in [4.78, 5) is 12.1. The number of nitrogens with one attached hydrogen (secondary N) is 1. The minimum absolute atomic E-state index is 0.107. The van der Waals surface area contributed by atoms with Gasteiger partial charge in [-0.1, -0.05) is 37.3 Å². The van der Waals surface area contributed by atoms with Crippen molar-refractivity contribution in [1.29, 1.82) is 0 Å². The van der Waals surface area contributed by atoms with E-state index in [9.17, 15) is 18.7 Å². The molecule has 23 heavy (non-hydrogen) atoms. The lowest BCUT2D eigenvalue weighted by Gasteiger charge is -2.19. The molecule has 2 aromatic carbocycles. The van der Waals surface area contributed by atoms with Gasteiger partial charge >= 0.3 is 0 Å². The topological polar surface area (TPSA) is 49.3 Å². The third-order valence-electron chi connectivity index (χ3n) is 3.64. The van der Waals surface area contributed by atoms with Crippen LogP contribution in [0.25, 0.3) is 0 Å². The molecule has 1 amide bonds. The van der Waals surface area contributed by atoms with E-state index in [4.69, 9.17) is 0 Å². The molecule has 0 heterocycles. The maximum atomic E-state index is 13.8. The summed E-state index contributed by atoms with van der Waals surface area (Å²) < 4.78 is 27.1. The van der Waals surface area contributed by atoms with Crippen LogP contribution in [-0.2, 0) is 4.79 Å². The molecule has 0 spiro atoms. The van der Waals surface area contributed by atoms with Crippen molar-refractivity contribution in [2.24, 2.45) is 0 Å². The molecule has 2 atom stereocenters. The van der Waals surface area contributed by atoms with Gasteiger partial charge in [0.05, 0.1) is 18.6 Å². The zero-order valence-electron chi connectivity index (χ0n) is 12.8. The smallest absolute Gasteiger partial charge is 0.223 e. The second-order valence-corrected chi connectivity index (χ2v) is 5.32. The minimum Gasteiger partial charge on any atom is -0.388 e. The standard InChI is InChI=1S/C18H19F2NO2/c1-2-16(14-10-13(19)8-9-15(14)20)21-18(23)11-17(22)12-6-4-3-5-7-12/h3-10,16-17,22H,2,11H2,1H3,(H,21,23). The van der Waals surface area contributed by atoms with Crippen LogP contribution in [0.3, 0.4) is 0 Å². The lowest BCUT2D eigenvalue weighted by molar-refractivity contribution is -0.123. The van der Waals surface area contributed by atoms with Gasteiger partial charge in [0, 0.05) is 5.56 Å². The highest BCUT2D eigenvalue weighted by atomic mass is 19.1. The van der Waals surface area contributed by atoms with Gasteiger partial charge in [-0.2, -0.15) is 0 Å². The quantitative estimate of drug-likeness (QED) is 0.854. The molecule has 2 unspecified atom stereocenters. The van der Waals surface area contributed by atoms with Gasteiger partial charge in [0.25, 0.3) is 0 Å². The van der Waals surface area contributed by atoms with Crippen LogP contribution >= 0.6 is 0 Å². The fourth-order valence-electron chi connectivity index (χ4n) is 2.40. The first-order chi connectivity index (χ1) is 11.0. The molecule has 122 valence electrons. The van der Waals surface area contributed by atoms with Crippen LogP contribution in [-0.4, -0.2) is 11.0 Å². The van der Waals surface area contributed by atoms with Crippen LogP contribution in [0.5, 0.6) is 0 Å². The van der Waals surface area contributed by atoms with Gasteiger partial charge in [0.2, 0.25) is 5.91 Å². The van der Waals surface area contributed by atoms with E-state index in [1.165, 1.54) is 0 Å². The van der Waals surface area contributed by atoms with Crippen molar-refractivity contribution in [2.45, 2.75) is 31.9 Å². The molecule has 5 heteroatoms. The third kappa shape index (κ3) is 4.60. The molecule has 0 radical (unpaired) electrons. The van der Waals surface area contributed by atoms with E-state index in [2.05, 4.69) is 5.32 Å². The second-order valence-electron chi connectivity index (χ2n) is 5.32. The number of amides is 1. The van der Waals surface area contributed by atoms with Gasteiger partial charge in [0.1, 0.15) is 11.6 Å². The molecule has 2 rings (SSSR count). The number of benzene rings is 2. The molecule has 0 aliphatic heterocycles. The Bertz CT molecular complexity index is 661. The van der Waals surface area contributed by atoms with Crippen LogP contribution in [0.4, 0.5) is 8.78 Å². The fourth-order valence-corrected chi connectivity index (χ4v) is 2.40. The first kappa shape index (κ1) is 17.1. The highest BCUT2D eigenvalue weighted by molar-refractivity contribution is 5.77. The Morgan fingerprint density at radius 2 is 1.87 bits per heavy atom. The monoisotopic (exact) mass is 319 g/mol. The number of carbonyl (C=O) groups excluding carboxylic acids is 1. The van der Waals surface area contributed by atoms with Crippen molar-refractivity contribution in [1.82, 2.24) is 5.32 Å². The average Bonchev–Trinajstić information content (AvgIpc) is 2.55. The summed E-state index contributed by atoms with van der Waals surface area (Å²) >= 11 is 0. The predicted molar refractivity (Wildman–Crippen MR) is 83.6 cm³/mol. The maximum Gasteiger partial charge on any atom is 0.223 e. The Hall–Kier alpha value is -2.27. The van der Waals surface area contributed by atoms with Gasteiger partial charge in [-0.3, -0.25) is 4.79 Å². The zero-order valence-corrected chi connectivity index (χ0v) is 12.8. The van der Waals surface area contributed by atoms with Crippen molar-refractivity contribution in [3.8, 4) is 0 Å². The van der Waals surface area contributed by atoms with E-state index >= 15 is 0 Å². The summed E-state index contributed by atoms with van der Waals surface area (Å²) in [6, 6.07) is 11.3. The summed E-state index contributed by atoms with van der Waals surface area (Å²) in [5.41, 5.74) is 0.739. The molecule has 2 aromatic rings. The van der Waals surface area contributed by atoms with Crippen molar-refractivity contribution in [2.75, 3.05) is 0 Å². The van der Waals surface area contributed by atoms with Crippen molar-refractivity contribution < 1.29 is 18.7 Å². The van der Waals surface area contributed by atoms with Crippen LogP contribution in [0.2, 0.25) is 0 Å². The van der Waals surface area contributed by atoms with Crippen molar-refractivity contribution in [3.05, 3.63) is 71.3 Å². The van der Waals surface area contributed by atoms with E-state index in [1.807, 2.05) is 6.07 Å². The van der Waals surface area contributed by atoms with E-state index in [1.54, 1.807) is 31.2 Å². The largest absolute Gasteiger partial charge is 0.388 e. The van der Waals surface area contributed by atoms with Crippen LogP contribution in [0.15, 0.2) is 48.5 Å². The molecular weight excluding hydrogens is 300 g/mol. The minimum atomic E-state index is -0.939. The van der Waals surface area contributed by atoms with Gasteiger partial charge in [-0.05, 0) is 30.2 Å². The number of hydrogen-bond acceptors (Lipinski definition) is 2. The Labute approximate surface area is 134 Å². The fraction of sp³-hybridized carbons (Fsp3) is 0.278. The SMILES string of the molecule is CCC(NC(=O)CC(O)c1ccccc1)c1cc(F)ccc1F. The van der Waals surface area contributed by atoms with E-state index < -0.39 is 29.7 Å². The first-order valence-corrected chi connectivity index (χ1v) is 7.48. The normalized spacial score (nSPS) is 13.4. The highest BCUT2D eigenvalue weighted by Gasteiger charge is 2.19. The van der Waals surface area contributed by atoms with Gasteiger partial charge in [-0.25, -0.2) is 8.78 Å². The Balaban J connectivity index is 2.04. The summed E-state index contributed by atoms with van der Waals surface area (Å²) in [5.74, 6) is -1.54. The number of halogens is 2. The number of rotatable bonds is 6. The number of aliphatic hydroxyl groups excluding tert-OH is 1. The summed E-state index contributed by atoms with van der Waals surface area (Å²) in [6.07, 6.45) is -0.670. The Kier molecular flexibility index (Phi) is 5.82. The van der Waals surface area contributed by atoms with Gasteiger partial charge < -0.3 is 10.4 Å². The van der Waals surface area contributed by atoms with Crippen molar-refractivity contribution >= 4 is 5.91 Å². The highest BCUT2D eigenvalue weighted by Crippen LogP contribution is 2.22. The summed E-state index contributed by atoms with van der Waals surface area (Å²) in [6.45, 7) is 1.77. The van der Waals surface area contributed by atoms with Gasteiger partial charge in [-0.15, -0.1) is 0 Å². The molecule has 3 nitrogen and oxygen atoms in total. The molecule has 0 fully saturated rings. The van der Waals surface area contributed by atoms with E-state index in [-0.39, 0.29) is 12.0 Å². The van der Waals surface area contributed by atoms with Crippen LogP contribution in [0.1, 0.15) is 43.0 Å². The average molecular weight is 319 g/mol. The molecule has 0 aliphatic rings. The lowest BCUT2D eigenvalue weighted by atomic mass is 10.0. The number of carbonyl (C=O) groups is 1. The first-order valence-electron chi connectivity index (χ1n) is 7.48. The molecule has 2 N–H and O–H groups in total. The van der Waals surface area contributed by atoms with E-state index in [0.29, 0.717) is 12.0 Å². The zero-order chi connectivity index (χ0) is 16.8. The third-order valence-corrected chi connectivity index (χ3v) is 3.64. The molecule has 0 saturated carbocycles. The number of hydrogen-bond donors (Lipinski definition) is 2. The summed E-state index contributed by atoms with van der Waals surface area (Å²) in [5, 5.41) is 12.7. The predicted octanol–water partition coefficient (Wildman–Crippen LogP) is 3.66. The molecule has 0 aliphatic carbocycles. The lowest BCUT2D eigenvalue weighted by Crippen LogP contribution is -2.30.